The Morgan fingerprint density at radius 1 is 1.21 bits per heavy atom. The van der Waals surface area contributed by atoms with Crippen molar-refractivity contribution in [3.8, 4) is 0 Å². The Labute approximate surface area is 115 Å². The van der Waals surface area contributed by atoms with Crippen LogP contribution in [-0.4, -0.2) is 39.6 Å². The minimum absolute atomic E-state index is 0.429. The highest BCUT2D eigenvalue weighted by molar-refractivity contribution is 5.46. The van der Waals surface area contributed by atoms with Gasteiger partial charge in [-0.2, -0.15) is 0 Å². The molecule has 1 aromatic rings. The van der Waals surface area contributed by atoms with Crippen molar-refractivity contribution < 1.29 is 14.2 Å². The van der Waals surface area contributed by atoms with Crippen molar-refractivity contribution in [1.29, 1.82) is 0 Å². The van der Waals surface area contributed by atoms with Crippen LogP contribution in [0.3, 0.4) is 0 Å². The number of nitrogens with one attached hydrogen (secondary N) is 1. The van der Waals surface area contributed by atoms with E-state index in [4.69, 9.17) is 14.2 Å². The smallest absolute Gasteiger partial charge is 0.0718 e. The molecule has 1 saturated carbocycles. The van der Waals surface area contributed by atoms with Gasteiger partial charge in [-0.1, -0.05) is 12.1 Å². The van der Waals surface area contributed by atoms with Crippen molar-refractivity contribution in [3.63, 3.8) is 0 Å². The van der Waals surface area contributed by atoms with E-state index in [2.05, 4.69) is 29.6 Å². The summed E-state index contributed by atoms with van der Waals surface area (Å²) in [7, 11) is 3.46. The zero-order chi connectivity index (χ0) is 13.5. The molecule has 0 spiro atoms. The molecule has 0 amide bonds. The maximum absolute atomic E-state index is 5.52. The van der Waals surface area contributed by atoms with E-state index in [1.165, 1.54) is 5.56 Å². The summed E-state index contributed by atoms with van der Waals surface area (Å²) in [4.78, 5) is 0. The first-order valence-corrected chi connectivity index (χ1v) is 6.76. The molecule has 19 heavy (non-hydrogen) atoms. The highest BCUT2D eigenvalue weighted by atomic mass is 16.5. The van der Waals surface area contributed by atoms with E-state index in [1.807, 2.05) is 0 Å². The third-order valence-electron chi connectivity index (χ3n) is 3.43. The van der Waals surface area contributed by atoms with Crippen LogP contribution < -0.4 is 5.32 Å². The van der Waals surface area contributed by atoms with Crippen LogP contribution in [0.25, 0.3) is 0 Å². The van der Waals surface area contributed by atoms with Gasteiger partial charge in [0.25, 0.3) is 0 Å². The summed E-state index contributed by atoms with van der Waals surface area (Å²) in [6.07, 6.45) is 2.61. The lowest BCUT2D eigenvalue weighted by molar-refractivity contribution is 0.0328. The Hall–Kier alpha value is -1.10. The minimum Gasteiger partial charge on any atom is -0.382 e. The zero-order valence-corrected chi connectivity index (χ0v) is 11.7. The number of anilines is 1. The molecular weight excluding hydrogens is 242 g/mol. The molecule has 2 rings (SSSR count). The Kier molecular flexibility index (Phi) is 5.63. The second-order valence-electron chi connectivity index (χ2n) is 4.92. The molecule has 0 aromatic heterocycles. The van der Waals surface area contributed by atoms with E-state index in [-0.39, 0.29) is 0 Å². The van der Waals surface area contributed by atoms with Gasteiger partial charge in [-0.05, 0) is 30.5 Å². The van der Waals surface area contributed by atoms with Crippen molar-refractivity contribution in [2.24, 2.45) is 0 Å². The van der Waals surface area contributed by atoms with Crippen molar-refractivity contribution in [3.05, 3.63) is 29.8 Å². The summed E-state index contributed by atoms with van der Waals surface area (Å²) < 4.78 is 15.8. The molecule has 1 aliphatic carbocycles. The fraction of sp³-hybridized carbons (Fsp3) is 0.600. The molecule has 1 N–H and O–H groups in total. The molecule has 0 unspecified atom stereocenters. The van der Waals surface area contributed by atoms with Crippen LogP contribution in [-0.2, 0) is 20.8 Å². The fourth-order valence-electron chi connectivity index (χ4n) is 2.19. The molecule has 0 atom stereocenters. The van der Waals surface area contributed by atoms with Gasteiger partial charge in [-0.3, -0.25) is 0 Å². The summed E-state index contributed by atoms with van der Waals surface area (Å²) in [6.45, 7) is 1.90. The number of ether oxygens (including phenoxy) is 3. The average molecular weight is 265 g/mol. The number of benzene rings is 1. The first-order chi connectivity index (χ1) is 9.31. The first kappa shape index (κ1) is 14.3. The van der Waals surface area contributed by atoms with Crippen LogP contribution >= 0.6 is 0 Å². The fourth-order valence-corrected chi connectivity index (χ4v) is 2.19. The van der Waals surface area contributed by atoms with Crippen molar-refractivity contribution in [2.75, 3.05) is 32.8 Å². The van der Waals surface area contributed by atoms with Gasteiger partial charge in [0.1, 0.15) is 0 Å². The predicted molar refractivity (Wildman–Crippen MR) is 75.4 cm³/mol. The second-order valence-corrected chi connectivity index (χ2v) is 4.92. The van der Waals surface area contributed by atoms with Gasteiger partial charge in [0, 0.05) is 25.9 Å². The summed E-state index contributed by atoms with van der Waals surface area (Å²) in [5.74, 6) is 0. The number of rotatable bonds is 8. The SMILES string of the molecule is COCCOCc1cccc(NC2CC(OC)C2)c1. The van der Waals surface area contributed by atoms with E-state index in [9.17, 15) is 0 Å². The summed E-state index contributed by atoms with van der Waals surface area (Å²) in [5.41, 5.74) is 2.34. The molecule has 0 aliphatic heterocycles. The molecular formula is C15H23NO3. The Morgan fingerprint density at radius 3 is 2.79 bits per heavy atom. The minimum atomic E-state index is 0.429. The van der Waals surface area contributed by atoms with Crippen LogP contribution in [0.2, 0.25) is 0 Å². The van der Waals surface area contributed by atoms with Crippen LogP contribution in [0.5, 0.6) is 0 Å². The lowest BCUT2D eigenvalue weighted by atomic mass is 9.89. The van der Waals surface area contributed by atoms with E-state index in [0.717, 1.165) is 18.5 Å². The van der Waals surface area contributed by atoms with Crippen LogP contribution in [0.1, 0.15) is 18.4 Å². The monoisotopic (exact) mass is 265 g/mol. The normalized spacial score (nSPS) is 22.0. The Morgan fingerprint density at radius 2 is 2.05 bits per heavy atom. The maximum Gasteiger partial charge on any atom is 0.0718 e. The third-order valence-corrected chi connectivity index (χ3v) is 3.43. The molecule has 0 radical (unpaired) electrons. The van der Waals surface area contributed by atoms with E-state index in [0.29, 0.717) is 32.0 Å². The average Bonchev–Trinajstić information content (AvgIpc) is 2.39. The second kappa shape index (κ2) is 7.48. The molecule has 0 heterocycles. The first-order valence-electron chi connectivity index (χ1n) is 6.76. The van der Waals surface area contributed by atoms with Crippen molar-refractivity contribution >= 4 is 5.69 Å². The van der Waals surface area contributed by atoms with Gasteiger partial charge in [0.15, 0.2) is 0 Å². The molecule has 0 saturated heterocycles. The van der Waals surface area contributed by atoms with Crippen LogP contribution in [0.4, 0.5) is 5.69 Å². The molecule has 1 aliphatic rings. The van der Waals surface area contributed by atoms with Crippen LogP contribution in [0.15, 0.2) is 24.3 Å². The van der Waals surface area contributed by atoms with Crippen molar-refractivity contribution in [2.45, 2.75) is 31.6 Å². The number of hydrogen-bond donors (Lipinski definition) is 1. The molecule has 4 nitrogen and oxygen atoms in total. The quantitative estimate of drug-likeness (QED) is 0.733. The summed E-state index contributed by atoms with van der Waals surface area (Å²) in [6, 6.07) is 8.92. The predicted octanol–water partition coefficient (Wildman–Crippen LogP) is 2.44. The molecule has 106 valence electrons. The van der Waals surface area contributed by atoms with E-state index < -0.39 is 0 Å². The highest BCUT2D eigenvalue weighted by Crippen LogP contribution is 2.26. The van der Waals surface area contributed by atoms with Gasteiger partial charge in [-0.25, -0.2) is 0 Å². The topological polar surface area (TPSA) is 39.7 Å². The Bertz CT molecular complexity index is 377. The molecule has 1 fully saturated rings. The number of hydrogen-bond acceptors (Lipinski definition) is 4. The molecule has 0 bridgehead atoms. The highest BCUT2D eigenvalue weighted by Gasteiger charge is 2.28. The van der Waals surface area contributed by atoms with Gasteiger partial charge in [0.05, 0.1) is 25.9 Å². The lowest BCUT2D eigenvalue weighted by Gasteiger charge is -2.35. The van der Waals surface area contributed by atoms with Gasteiger partial charge in [0.2, 0.25) is 0 Å². The van der Waals surface area contributed by atoms with E-state index >= 15 is 0 Å². The molecule has 4 heteroatoms. The zero-order valence-electron chi connectivity index (χ0n) is 11.7. The van der Waals surface area contributed by atoms with E-state index in [1.54, 1.807) is 14.2 Å². The number of methoxy groups -OCH3 is 2. The Balaban J connectivity index is 1.75. The van der Waals surface area contributed by atoms with Gasteiger partial charge < -0.3 is 19.5 Å². The van der Waals surface area contributed by atoms with Crippen molar-refractivity contribution in [1.82, 2.24) is 0 Å². The summed E-state index contributed by atoms with van der Waals surface area (Å²) >= 11 is 0. The largest absolute Gasteiger partial charge is 0.382 e. The van der Waals surface area contributed by atoms with Gasteiger partial charge in [-0.15, -0.1) is 0 Å². The third kappa shape index (κ3) is 4.49. The standard InChI is InChI=1S/C15H23NO3/c1-17-6-7-19-11-12-4-3-5-13(8-12)16-14-9-15(10-14)18-2/h3-5,8,14-16H,6-7,9-11H2,1-2H3. The summed E-state index contributed by atoms with van der Waals surface area (Å²) in [5, 5.41) is 3.52. The van der Waals surface area contributed by atoms with Gasteiger partial charge >= 0.3 is 0 Å². The lowest BCUT2D eigenvalue weighted by Crippen LogP contribution is -2.40. The maximum atomic E-state index is 5.52. The van der Waals surface area contributed by atoms with Crippen LogP contribution in [0, 0.1) is 0 Å². The molecule has 1 aromatic carbocycles.